The summed E-state index contributed by atoms with van der Waals surface area (Å²) in [4.78, 5) is 11.7. The monoisotopic (exact) mass is 364 g/mol. The third-order valence-corrected chi connectivity index (χ3v) is 4.31. The number of hydrogen-bond donors (Lipinski definition) is 2. The van der Waals surface area contributed by atoms with Crippen LogP contribution in [0.1, 0.15) is 5.56 Å². The van der Waals surface area contributed by atoms with E-state index in [1.807, 2.05) is 0 Å². The number of rotatable bonds is 6. The number of hydrogen-bond acceptors (Lipinski definition) is 7. The Morgan fingerprint density at radius 1 is 1.35 bits per heavy atom. The van der Waals surface area contributed by atoms with Crippen molar-refractivity contribution in [1.82, 2.24) is 15.5 Å². The fourth-order valence-electron chi connectivity index (χ4n) is 1.52. The Morgan fingerprint density at radius 3 is 2.74 bits per heavy atom. The summed E-state index contributed by atoms with van der Waals surface area (Å²) in [5.41, 5.74) is 5.64. The number of benzene rings is 1. The number of ether oxygens (including phenoxy) is 1. The van der Waals surface area contributed by atoms with Crippen LogP contribution in [0.2, 0.25) is 0 Å². The number of nitrogen functional groups attached to an aromatic ring is 1. The molecule has 3 N–H and O–H groups in total. The number of carbonyl (C=O) groups excluding carboxylic acids is 1. The summed E-state index contributed by atoms with van der Waals surface area (Å²) >= 11 is 2.29. The minimum absolute atomic E-state index is 0.0525. The number of para-hydroxylation sites is 1. The second-order valence-corrected chi connectivity index (χ2v) is 6.36. The third-order valence-electron chi connectivity index (χ3n) is 2.42. The first-order chi connectivity index (χ1) is 10.8. The zero-order valence-electron chi connectivity index (χ0n) is 11.5. The molecule has 0 aliphatic rings. The summed E-state index contributed by atoms with van der Waals surface area (Å²) in [5.74, 6) is -0.646. The van der Waals surface area contributed by atoms with Crippen LogP contribution in [0, 0.1) is 0 Å². The average molecular weight is 364 g/mol. The maximum atomic E-state index is 12.3. The van der Waals surface area contributed by atoms with Crippen molar-refractivity contribution in [2.24, 2.45) is 0 Å². The molecule has 0 aliphatic heterocycles. The number of alkyl halides is 3. The molecule has 23 heavy (non-hydrogen) atoms. The molecule has 1 amide bonds. The van der Waals surface area contributed by atoms with Crippen LogP contribution in [-0.2, 0) is 11.3 Å². The maximum absolute atomic E-state index is 12.3. The van der Waals surface area contributed by atoms with E-state index in [9.17, 15) is 18.0 Å². The van der Waals surface area contributed by atoms with Gasteiger partial charge in [0.2, 0.25) is 11.0 Å². The van der Waals surface area contributed by atoms with Gasteiger partial charge in [-0.15, -0.1) is 23.4 Å². The van der Waals surface area contributed by atoms with Crippen molar-refractivity contribution in [2.45, 2.75) is 17.2 Å². The predicted molar refractivity (Wildman–Crippen MR) is 80.0 cm³/mol. The maximum Gasteiger partial charge on any atom is 0.573 e. The zero-order valence-corrected chi connectivity index (χ0v) is 13.1. The number of nitrogens with two attached hydrogens (primary N) is 1. The standard InChI is InChI=1S/C12H11F3N4O2S2/c13-12(14,15)21-8-4-2-1-3-7(8)5-17-9(20)6-22-11-19-18-10(16)23-11/h1-4H,5-6H2,(H2,16,18)(H,17,20). The number of aromatic nitrogens is 2. The van der Waals surface area contributed by atoms with Crippen molar-refractivity contribution in [1.29, 1.82) is 0 Å². The molecule has 0 atom stereocenters. The van der Waals surface area contributed by atoms with E-state index in [0.29, 0.717) is 9.47 Å². The molecule has 0 fully saturated rings. The van der Waals surface area contributed by atoms with Crippen LogP contribution in [0.4, 0.5) is 18.3 Å². The van der Waals surface area contributed by atoms with Crippen LogP contribution in [0.5, 0.6) is 5.75 Å². The van der Waals surface area contributed by atoms with Gasteiger partial charge in [0.15, 0.2) is 4.34 Å². The number of thioether (sulfide) groups is 1. The lowest BCUT2D eigenvalue weighted by Crippen LogP contribution is -2.25. The van der Waals surface area contributed by atoms with E-state index in [-0.39, 0.29) is 29.5 Å². The highest BCUT2D eigenvalue weighted by Crippen LogP contribution is 2.26. The lowest BCUT2D eigenvalue weighted by molar-refractivity contribution is -0.274. The Morgan fingerprint density at radius 2 is 2.09 bits per heavy atom. The molecule has 0 bridgehead atoms. The number of carbonyl (C=O) groups is 1. The summed E-state index contributed by atoms with van der Waals surface area (Å²) < 4.78 is 41.3. The molecule has 0 unspecified atom stereocenters. The minimum Gasteiger partial charge on any atom is -0.405 e. The number of nitrogens with one attached hydrogen (secondary N) is 1. The van der Waals surface area contributed by atoms with Gasteiger partial charge in [0.05, 0.1) is 5.75 Å². The molecule has 0 radical (unpaired) electrons. The minimum atomic E-state index is -4.78. The Bertz CT molecular complexity index is 678. The Kier molecular flexibility index (Phi) is 5.66. The quantitative estimate of drug-likeness (QED) is 0.765. The predicted octanol–water partition coefficient (Wildman–Crippen LogP) is 2.43. The molecule has 2 aromatic rings. The Balaban J connectivity index is 1.86. The van der Waals surface area contributed by atoms with Gasteiger partial charge in [-0.2, -0.15) is 0 Å². The van der Waals surface area contributed by atoms with E-state index >= 15 is 0 Å². The summed E-state index contributed by atoms with van der Waals surface area (Å²) in [5, 5.41) is 10.2. The van der Waals surface area contributed by atoms with Gasteiger partial charge in [0, 0.05) is 12.1 Å². The lowest BCUT2D eigenvalue weighted by Gasteiger charge is -2.13. The van der Waals surface area contributed by atoms with Crippen molar-refractivity contribution in [3.63, 3.8) is 0 Å². The lowest BCUT2D eigenvalue weighted by atomic mass is 10.2. The highest BCUT2D eigenvalue weighted by molar-refractivity contribution is 8.01. The zero-order chi connectivity index (χ0) is 16.9. The van der Waals surface area contributed by atoms with Gasteiger partial charge in [-0.25, -0.2) is 0 Å². The smallest absolute Gasteiger partial charge is 0.405 e. The number of halogens is 3. The normalized spacial score (nSPS) is 11.3. The molecule has 1 aromatic heterocycles. The fraction of sp³-hybridized carbons (Fsp3) is 0.250. The van der Waals surface area contributed by atoms with Gasteiger partial charge in [0.25, 0.3) is 0 Å². The largest absolute Gasteiger partial charge is 0.573 e. The summed E-state index contributed by atoms with van der Waals surface area (Å²) in [6.45, 7) is -0.0795. The molecule has 6 nitrogen and oxygen atoms in total. The summed E-state index contributed by atoms with van der Waals surface area (Å²) in [7, 11) is 0. The van der Waals surface area contributed by atoms with E-state index in [4.69, 9.17) is 5.73 Å². The van der Waals surface area contributed by atoms with Crippen LogP contribution < -0.4 is 15.8 Å². The Hall–Kier alpha value is -2.01. The van der Waals surface area contributed by atoms with E-state index in [1.54, 1.807) is 6.07 Å². The van der Waals surface area contributed by atoms with Crippen LogP contribution >= 0.6 is 23.1 Å². The molecule has 0 spiro atoms. The van der Waals surface area contributed by atoms with E-state index in [2.05, 4.69) is 20.3 Å². The van der Waals surface area contributed by atoms with Gasteiger partial charge in [-0.1, -0.05) is 41.3 Å². The van der Waals surface area contributed by atoms with Crippen LogP contribution in [0.15, 0.2) is 28.6 Å². The van der Waals surface area contributed by atoms with Crippen LogP contribution in [0.3, 0.4) is 0 Å². The number of anilines is 1. The van der Waals surface area contributed by atoms with Crippen molar-refractivity contribution in [3.8, 4) is 5.75 Å². The highest BCUT2D eigenvalue weighted by atomic mass is 32.2. The summed E-state index contributed by atoms with van der Waals surface area (Å²) in [6, 6.07) is 5.61. The fourth-order valence-corrected chi connectivity index (χ4v) is 2.99. The molecule has 0 saturated carbocycles. The molecule has 1 heterocycles. The first-order valence-electron chi connectivity index (χ1n) is 6.15. The molecule has 1 aromatic carbocycles. The van der Waals surface area contributed by atoms with Crippen LogP contribution in [-0.4, -0.2) is 28.2 Å². The average Bonchev–Trinajstić information content (AvgIpc) is 2.88. The van der Waals surface area contributed by atoms with Crippen molar-refractivity contribution < 1.29 is 22.7 Å². The number of nitrogens with zero attached hydrogens (tertiary/aromatic N) is 2. The second-order valence-electron chi connectivity index (χ2n) is 4.13. The molecular formula is C12H11F3N4O2S2. The highest BCUT2D eigenvalue weighted by Gasteiger charge is 2.31. The third kappa shape index (κ3) is 5.94. The van der Waals surface area contributed by atoms with Gasteiger partial charge < -0.3 is 15.8 Å². The van der Waals surface area contributed by atoms with Crippen molar-refractivity contribution in [2.75, 3.05) is 11.5 Å². The van der Waals surface area contributed by atoms with Gasteiger partial charge in [0.1, 0.15) is 5.75 Å². The van der Waals surface area contributed by atoms with Gasteiger partial charge in [-0.3, -0.25) is 4.79 Å². The SMILES string of the molecule is Nc1nnc(SCC(=O)NCc2ccccc2OC(F)(F)F)s1. The molecule has 0 saturated heterocycles. The van der Waals surface area contributed by atoms with E-state index in [0.717, 1.165) is 23.1 Å². The summed E-state index contributed by atoms with van der Waals surface area (Å²) in [6.07, 6.45) is -4.78. The van der Waals surface area contributed by atoms with E-state index < -0.39 is 6.36 Å². The Labute approximate surface area is 137 Å². The number of amides is 1. The molecule has 2 rings (SSSR count). The van der Waals surface area contributed by atoms with Gasteiger partial charge in [-0.05, 0) is 6.07 Å². The van der Waals surface area contributed by atoms with Crippen molar-refractivity contribution in [3.05, 3.63) is 29.8 Å². The molecular weight excluding hydrogens is 353 g/mol. The first kappa shape index (κ1) is 17.3. The second kappa shape index (κ2) is 7.51. The van der Waals surface area contributed by atoms with Crippen LogP contribution in [0.25, 0.3) is 0 Å². The topological polar surface area (TPSA) is 90.1 Å². The van der Waals surface area contributed by atoms with E-state index in [1.165, 1.54) is 18.2 Å². The molecule has 124 valence electrons. The van der Waals surface area contributed by atoms with Crippen molar-refractivity contribution >= 4 is 34.1 Å². The van der Waals surface area contributed by atoms with Gasteiger partial charge >= 0.3 is 6.36 Å². The molecule has 0 aliphatic carbocycles. The molecule has 11 heteroatoms. The first-order valence-corrected chi connectivity index (χ1v) is 7.96.